The molecule has 6 heteroatoms. The number of hydrogen-bond donors (Lipinski definition) is 3. The van der Waals surface area contributed by atoms with Crippen molar-refractivity contribution in [2.24, 2.45) is 5.73 Å². The highest BCUT2D eigenvalue weighted by molar-refractivity contribution is 6.30. The number of urea groups is 1. The SMILES string of the molecule is CCCCN(C(=O)NC(=N)N)c1ccc(Cl)cc1C. The Balaban J connectivity index is 3.01. The number of nitrogens with one attached hydrogen (secondary N) is 2. The minimum atomic E-state index is -0.397. The molecule has 0 bridgehead atoms. The fourth-order valence-corrected chi connectivity index (χ4v) is 1.98. The van der Waals surface area contributed by atoms with E-state index in [9.17, 15) is 4.79 Å². The average molecular weight is 283 g/mol. The van der Waals surface area contributed by atoms with Crippen molar-refractivity contribution in [2.45, 2.75) is 26.7 Å². The lowest BCUT2D eigenvalue weighted by atomic mass is 10.1. The first kappa shape index (κ1) is 15.3. The first-order valence-corrected chi connectivity index (χ1v) is 6.52. The Labute approximate surface area is 118 Å². The van der Waals surface area contributed by atoms with Crippen LogP contribution in [-0.2, 0) is 0 Å². The van der Waals surface area contributed by atoms with E-state index in [2.05, 4.69) is 12.2 Å². The van der Waals surface area contributed by atoms with E-state index in [1.54, 1.807) is 23.1 Å². The summed E-state index contributed by atoms with van der Waals surface area (Å²) < 4.78 is 0. The number of benzene rings is 1. The van der Waals surface area contributed by atoms with Gasteiger partial charge in [0.25, 0.3) is 0 Å². The molecular weight excluding hydrogens is 264 g/mol. The van der Waals surface area contributed by atoms with Gasteiger partial charge in [0.05, 0.1) is 0 Å². The number of carbonyl (C=O) groups excluding carboxylic acids is 1. The second kappa shape index (κ2) is 6.99. The van der Waals surface area contributed by atoms with Crippen LogP contribution >= 0.6 is 11.6 Å². The molecule has 0 aliphatic carbocycles. The van der Waals surface area contributed by atoms with Gasteiger partial charge in [-0.15, -0.1) is 0 Å². The van der Waals surface area contributed by atoms with Gasteiger partial charge in [-0.1, -0.05) is 24.9 Å². The molecule has 0 aliphatic rings. The second-order valence-electron chi connectivity index (χ2n) is 4.28. The lowest BCUT2D eigenvalue weighted by Crippen LogP contribution is -2.46. The van der Waals surface area contributed by atoms with E-state index in [1.807, 2.05) is 6.92 Å². The van der Waals surface area contributed by atoms with Gasteiger partial charge in [0.1, 0.15) is 0 Å². The van der Waals surface area contributed by atoms with Gasteiger partial charge < -0.3 is 5.73 Å². The normalized spacial score (nSPS) is 10.1. The third-order valence-electron chi connectivity index (χ3n) is 2.67. The maximum atomic E-state index is 12.1. The summed E-state index contributed by atoms with van der Waals surface area (Å²) in [5, 5.41) is 10.1. The predicted octanol–water partition coefficient (Wildman–Crippen LogP) is 2.86. The van der Waals surface area contributed by atoms with Crippen molar-refractivity contribution in [2.75, 3.05) is 11.4 Å². The lowest BCUT2D eigenvalue weighted by Gasteiger charge is -2.24. The van der Waals surface area contributed by atoms with Crippen molar-refractivity contribution in [3.63, 3.8) is 0 Å². The van der Waals surface area contributed by atoms with Crippen LogP contribution in [0.3, 0.4) is 0 Å². The molecule has 4 N–H and O–H groups in total. The van der Waals surface area contributed by atoms with Crippen molar-refractivity contribution in [1.82, 2.24) is 5.32 Å². The molecule has 19 heavy (non-hydrogen) atoms. The molecular formula is C13H19ClN4O. The predicted molar refractivity (Wildman–Crippen MR) is 78.9 cm³/mol. The Morgan fingerprint density at radius 3 is 2.74 bits per heavy atom. The first-order valence-electron chi connectivity index (χ1n) is 6.14. The van der Waals surface area contributed by atoms with E-state index in [-0.39, 0.29) is 5.96 Å². The number of nitrogens with zero attached hydrogens (tertiary/aromatic N) is 1. The topological polar surface area (TPSA) is 82.2 Å². The minimum absolute atomic E-state index is 0.363. The summed E-state index contributed by atoms with van der Waals surface area (Å²) in [4.78, 5) is 13.6. The molecule has 0 saturated carbocycles. The van der Waals surface area contributed by atoms with Gasteiger partial charge in [-0.2, -0.15) is 0 Å². The van der Waals surface area contributed by atoms with E-state index in [4.69, 9.17) is 22.7 Å². The molecule has 5 nitrogen and oxygen atoms in total. The van der Waals surface area contributed by atoms with Crippen LogP contribution in [-0.4, -0.2) is 18.5 Å². The maximum Gasteiger partial charge on any atom is 0.328 e. The Morgan fingerprint density at radius 1 is 1.53 bits per heavy atom. The van der Waals surface area contributed by atoms with Crippen molar-refractivity contribution < 1.29 is 4.79 Å². The molecule has 0 aromatic heterocycles. The molecule has 0 aliphatic heterocycles. The quantitative estimate of drug-likeness (QED) is 0.586. The molecule has 1 aromatic carbocycles. The van der Waals surface area contributed by atoms with Crippen molar-refractivity contribution in [1.29, 1.82) is 5.41 Å². The largest absolute Gasteiger partial charge is 0.370 e. The van der Waals surface area contributed by atoms with Crippen LogP contribution in [0.15, 0.2) is 18.2 Å². The highest BCUT2D eigenvalue weighted by atomic mass is 35.5. The van der Waals surface area contributed by atoms with Crippen LogP contribution in [0.1, 0.15) is 25.3 Å². The Bertz CT molecular complexity index is 476. The molecule has 1 aromatic rings. The van der Waals surface area contributed by atoms with E-state index in [0.717, 1.165) is 24.1 Å². The van der Waals surface area contributed by atoms with Gasteiger partial charge in [0.15, 0.2) is 5.96 Å². The Kier molecular flexibility index (Phi) is 5.63. The monoisotopic (exact) mass is 282 g/mol. The molecule has 0 atom stereocenters. The fraction of sp³-hybridized carbons (Fsp3) is 0.385. The maximum absolute atomic E-state index is 12.1. The van der Waals surface area contributed by atoms with Crippen LogP contribution in [0.4, 0.5) is 10.5 Å². The van der Waals surface area contributed by atoms with Crippen molar-refractivity contribution in [3.05, 3.63) is 28.8 Å². The summed E-state index contributed by atoms with van der Waals surface area (Å²) in [6.07, 6.45) is 1.84. The molecule has 0 unspecified atom stereocenters. The average Bonchev–Trinajstić information content (AvgIpc) is 2.31. The van der Waals surface area contributed by atoms with Crippen molar-refractivity contribution >= 4 is 29.3 Å². The second-order valence-corrected chi connectivity index (χ2v) is 4.72. The van der Waals surface area contributed by atoms with Gasteiger partial charge in [-0.3, -0.25) is 15.6 Å². The third kappa shape index (κ3) is 4.44. The number of unbranched alkanes of at least 4 members (excludes halogenated alkanes) is 1. The highest BCUT2D eigenvalue weighted by Gasteiger charge is 2.17. The summed E-state index contributed by atoms with van der Waals surface area (Å²) in [6, 6.07) is 4.94. The van der Waals surface area contributed by atoms with Gasteiger partial charge in [0, 0.05) is 17.3 Å². The first-order chi connectivity index (χ1) is 8.95. The van der Waals surface area contributed by atoms with E-state index in [0.29, 0.717) is 11.6 Å². The summed E-state index contributed by atoms with van der Waals surface area (Å²) in [7, 11) is 0. The van der Waals surface area contributed by atoms with Crippen LogP contribution in [0.5, 0.6) is 0 Å². The number of anilines is 1. The number of guanidine groups is 1. The number of rotatable bonds is 4. The minimum Gasteiger partial charge on any atom is -0.370 e. The van der Waals surface area contributed by atoms with Gasteiger partial charge >= 0.3 is 6.03 Å². The van der Waals surface area contributed by atoms with Gasteiger partial charge in [-0.05, 0) is 37.1 Å². The smallest absolute Gasteiger partial charge is 0.328 e. The number of amides is 2. The fourth-order valence-electron chi connectivity index (χ4n) is 1.75. The third-order valence-corrected chi connectivity index (χ3v) is 2.91. The Hall–Kier alpha value is -1.75. The van der Waals surface area contributed by atoms with Gasteiger partial charge in [-0.25, -0.2) is 4.79 Å². The molecule has 1 rings (SSSR count). The zero-order valence-corrected chi connectivity index (χ0v) is 11.9. The summed E-state index contributed by atoms with van der Waals surface area (Å²) >= 11 is 5.92. The van der Waals surface area contributed by atoms with E-state index in [1.165, 1.54) is 0 Å². The molecule has 0 saturated heterocycles. The molecule has 2 amide bonds. The number of nitrogens with two attached hydrogens (primary N) is 1. The van der Waals surface area contributed by atoms with Crippen LogP contribution in [0.2, 0.25) is 5.02 Å². The van der Waals surface area contributed by atoms with Crippen LogP contribution in [0, 0.1) is 12.3 Å². The highest BCUT2D eigenvalue weighted by Crippen LogP contribution is 2.24. The standard InChI is InChI=1S/C13H19ClN4O/c1-3-4-7-18(13(19)17-12(15)16)11-6-5-10(14)8-9(11)2/h5-6,8H,3-4,7H2,1-2H3,(H4,15,16,17,19). The number of hydrogen-bond acceptors (Lipinski definition) is 2. The summed E-state index contributed by atoms with van der Waals surface area (Å²) in [5.41, 5.74) is 6.88. The zero-order valence-electron chi connectivity index (χ0n) is 11.2. The molecule has 104 valence electrons. The molecule has 0 heterocycles. The van der Waals surface area contributed by atoms with E-state index >= 15 is 0 Å². The zero-order chi connectivity index (χ0) is 14.4. The Morgan fingerprint density at radius 2 is 2.21 bits per heavy atom. The number of carbonyl (C=O) groups is 1. The summed E-state index contributed by atoms with van der Waals surface area (Å²) in [6.45, 7) is 4.51. The lowest BCUT2D eigenvalue weighted by molar-refractivity contribution is 0.250. The van der Waals surface area contributed by atoms with E-state index < -0.39 is 6.03 Å². The summed E-state index contributed by atoms with van der Waals surface area (Å²) in [5.74, 6) is -0.363. The molecule has 0 spiro atoms. The van der Waals surface area contributed by atoms with Crippen LogP contribution < -0.4 is 16.0 Å². The van der Waals surface area contributed by atoms with Gasteiger partial charge in [0.2, 0.25) is 0 Å². The van der Waals surface area contributed by atoms with Crippen molar-refractivity contribution in [3.8, 4) is 0 Å². The number of halogens is 1. The van der Waals surface area contributed by atoms with Crippen LogP contribution in [0.25, 0.3) is 0 Å². The number of aryl methyl sites for hydroxylation is 1. The molecule has 0 fully saturated rings. The molecule has 0 radical (unpaired) electrons.